The number of anilines is 1. The third-order valence-electron chi connectivity index (χ3n) is 2.67. The topological polar surface area (TPSA) is 90.2 Å². The number of nitrogens with one attached hydrogen (secondary N) is 1. The Morgan fingerprint density at radius 2 is 2.18 bits per heavy atom. The monoisotopic (exact) mass is 252 g/mol. The van der Waals surface area contributed by atoms with Gasteiger partial charge in [0.05, 0.1) is 35.3 Å². The zero-order valence-electron chi connectivity index (χ0n) is 9.00. The van der Waals surface area contributed by atoms with Gasteiger partial charge in [-0.2, -0.15) is 5.26 Å². The van der Waals surface area contributed by atoms with Gasteiger partial charge >= 0.3 is 0 Å². The highest BCUT2D eigenvalue weighted by Crippen LogP contribution is 2.18. The van der Waals surface area contributed by atoms with Crippen LogP contribution in [0.15, 0.2) is 24.3 Å². The molecule has 5 nitrogen and oxygen atoms in total. The van der Waals surface area contributed by atoms with Crippen molar-refractivity contribution in [2.75, 3.05) is 16.8 Å². The van der Waals surface area contributed by atoms with Crippen LogP contribution in [0.25, 0.3) is 0 Å². The van der Waals surface area contributed by atoms with E-state index in [1.165, 1.54) is 0 Å². The molecule has 2 N–H and O–H groups in total. The minimum atomic E-state index is -3.16. The van der Waals surface area contributed by atoms with E-state index in [9.17, 15) is 13.5 Å². The summed E-state index contributed by atoms with van der Waals surface area (Å²) in [6.45, 7) is 0. The molecule has 90 valence electrons. The van der Waals surface area contributed by atoms with Gasteiger partial charge in [-0.1, -0.05) is 6.07 Å². The molecule has 0 saturated carbocycles. The van der Waals surface area contributed by atoms with Crippen molar-refractivity contribution in [1.82, 2.24) is 0 Å². The molecule has 0 spiro atoms. The lowest BCUT2D eigenvalue weighted by Crippen LogP contribution is -2.31. The van der Waals surface area contributed by atoms with Crippen molar-refractivity contribution < 1.29 is 13.5 Å². The summed E-state index contributed by atoms with van der Waals surface area (Å²) in [4.78, 5) is 0. The van der Waals surface area contributed by atoms with Crippen molar-refractivity contribution in [3.63, 3.8) is 0 Å². The van der Waals surface area contributed by atoms with Crippen LogP contribution in [0.4, 0.5) is 5.69 Å². The van der Waals surface area contributed by atoms with Crippen molar-refractivity contribution >= 4 is 15.5 Å². The number of rotatable bonds is 2. The first-order valence-electron chi connectivity index (χ1n) is 5.15. The molecule has 0 aliphatic carbocycles. The highest BCUT2D eigenvalue weighted by atomic mass is 32.2. The van der Waals surface area contributed by atoms with Crippen molar-refractivity contribution in [3.05, 3.63) is 29.8 Å². The molecule has 2 unspecified atom stereocenters. The van der Waals surface area contributed by atoms with Gasteiger partial charge in [-0.25, -0.2) is 8.42 Å². The minimum Gasteiger partial charge on any atom is -0.390 e. The van der Waals surface area contributed by atoms with Gasteiger partial charge in [0.25, 0.3) is 0 Å². The Morgan fingerprint density at radius 1 is 1.41 bits per heavy atom. The van der Waals surface area contributed by atoms with Crippen molar-refractivity contribution in [2.24, 2.45) is 0 Å². The van der Waals surface area contributed by atoms with E-state index in [2.05, 4.69) is 5.32 Å². The molecule has 6 heteroatoms. The summed E-state index contributed by atoms with van der Waals surface area (Å²) >= 11 is 0. The van der Waals surface area contributed by atoms with Crippen LogP contribution >= 0.6 is 0 Å². The van der Waals surface area contributed by atoms with E-state index in [1.807, 2.05) is 6.07 Å². The van der Waals surface area contributed by atoms with Crippen molar-refractivity contribution in [2.45, 2.75) is 12.1 Å². The number of sulfone groups is 1. The SMILES string of the molecule is N#Cc1cccc(NC2CS(=O)(=O)CC2O)c1. The molecule has 2 rings (SSSR count). The Hall–Kier alpha value is -1.58. The summed E-state index contributed by atoms with van der Waals surface area (Å²) in [6, 6.07) is 8.22. The van der Waals surface area contributed by atoms with Crippen LogP contribution in [0.3, 0.4) is 0 Å². The molecule has 0 bridgehead atoms. The van der Waals surface area contributed by atoms with Gasteiger partial charge in [-0.3, -0.25) is 0 Å². The Morgan fingerprint density at radius 3 is 2.76 bits per heavy atom. The van der Waals surface area contributed by atoms with Gasteiger partial charge in [0.1, 0.15) is 0 Å². The van der Waals surface area contributed by atoms with E-state index in [4.69, 9.17) is 5.26 Å². The van der Waals surface area contributed by atoms with Gasteiger partial charge in [-0.15, -0.1) is 0 Å². The fraction of sp³-hybridized carbons (Fsp3) is 0.364. The lowest BCUT2D eigenvalue weighted by molar-refractivity contribution is 0.190. The number of nitrogens with zero attached hydrogens (tertiary/aromatic N) is 1. The molecule has 0 amide bonds. The first kappa shape index (κ1) is 11.9. The summed E-state index contributed by atoms with van der Waals surface area (Å²) < 4.78 is 22.6. The van der Waals surface area contributed by atoms with E-state index in [-0.39, 0.29) is 11.5 Å². The molecular weight excluding hydrogens is 240 g/mol. The van der Waals surface area contributed by atoms with E-state index < -0.39 is 22.0 Å². The van der Waals surface area contributed by atoms with Gasteiger partial charge < -0.3 is 10.4 Å². The Kier molecular flexibility index (Phi) is 3.05. The summed E-state index contributed by atoms with van der Waals surface area (Å²) in [7, 11) is -3.16. The average Bonchev–Trinajstić information content (AvgIpc) is 2.52. The van der Waals surface area contributed by atoms with Gasteiger partial charge in [0.2, 0.25) is 0 Å². The summed E-state index contributed by atoms with van der Waals surface area (Å²) in [6.07, 6.45) is -0.897. The summed E-state index contributed by atoms with van der Waals surface area (Å²) in [5.41, 5.74) is 1.13. The molecule has 1 aromatic rings. The third-order valence-corrected chi connectivity index (χ3v) is 4.38. The Labute approximate surface area is 99.6 Å². The lowest BCUT2D eigenvalue weighted by atomic mass is 10.1. The van der Waals surface area contributed by atoms with Crippen molar-refractivity contribution in [3.8, 4) is 6.07 Å². The zero-order valence-corrected chi connectivity index (χ0v) is 9.81. The number of hydrogen-bond acceptors (Lipinski definition) is 5. The largest absolute Gasteiger partial charge is 0.390 e. The molecule has 1 aliphatic rings. The number of nitriles is 1. The van der Waals surface area contributed by atoms with Gasteiger partial charge in [0.15, 0.2) is 9.84 Å². The lowest BCUT2D eigenvalue weighted by Gasteiger charge is -2.16. The Bertz CT molecular complexity index is 562. The highest BCUT2D eigenvalue weighted by Gasteiger charge is 2.36. The quantitative estimate of drug-likeness (QED) is 0.780. The fourth-order valence-electron chi connectivity index (χ4n) is 1.86. The number of hydrogen-bond donors (Lipinski definition) is 2. The van der Waals surface area contributed by atoms with Crippen LogP contribution < -0.4 is 5.32 Å². The maximum atomic E-state index is 11.3. The van der Waals surface area contributed by atoms with E-state index in [0.29, 0.717) is 11.3 Å². The standard InChI is InChI=1S/C11H12N2O3S/c12-5-8-2-1-3-9(4-8)13-10-6-17(15,16)7-11(10)14/h1-4,10-11,13-14H,6-7H2. The molecule has 2 atom stereocenters. The average molecular weight is 252 g/mol. The van der Waals surface area contributed by atoms with Gasteiger partial charge in [0, 0.05) is 5.69 Å². The van der Waals surface area contributed by atoms with E-state index in [1.54, 1.807) is 24.3 Å². The maximum absolute atomic E-state index is 11.3. The molecule has 1 aliphatic heterocycles. The van der Waals surface area contributed by atoms with Crippen LogP contribution in [-0.2, 0) is 9.84 Å². The van der Waals surface area contributed by atoms with E-state index >= 15 is 0 Å². The molecule has 1 heterocycles. The fourth-order valence-corrected chi connectivity index (χ4v) is 3.60. The molecule has 1 aromatic carbocycles. The second-order valence-corrected chi connectivity index (χ2v) is 6.24. The predicted octanol–water partition coefficient (Wildman–Crippen LogP) is 0.128. The van der Waals surface area contributed by atoms with Crippen molar-refractivity contribution in [1.29, 1.82) is 5.26 Å². The zero-order chi connectivity index (χ0) is 12.5. The molecule has 1 saturated heterocycles. The smallest absolute Gasteiger partial charge is 0.155 e. The highest BCUT2D eigenvalue weighted by molar-refractivity contribution is 7.91. The van der Waals surface area contributed by atoms with Gasteiger partial charge in [-0.05, 0) is 18.2 Å². The number of aliphatic hydroxyl groups is 1. The second-order valence-electron chi connectivity index (χ2n) is 4.09. The second kappa shape index (κ2) is 4.35. The molecule has 0 aromatic heterocycles. The summed E-state index contributed by atoms with van der Waals surface area (Å²) in [5.74, 6) is -0.284. The van der Waals surface area contributed by atoms with Crippen LogP contribution in [-0.4, -0.2) is 37.2 Å². The molecule has 0 radical (unpaired) electrons. The summed E-state index contributed by atoms with van der Waals surface area (Å²) in [5, 5.41) is 21.3. The maximum Gasteiger partial charge on any atom is 0.155 e. The number of benzene rings is 1. The Balaban J connectivity index is 2.14. The molecular formula is C11H12N2O3S. The number of aliphatic hydroxyl groups excluding tert-OH is 1. The minimum absolute atomic E-state index is 0.0784. The van der Waals surface area contributed by atoms with Crippen LogP contribution in [0, 0.1) is 11.3 Å². The predicted molar refractivity (Wildman–Crippen MR) is 63.2 cm³/mol. The third kappa shape index (κ3) is 2.75. The first-order valence-corrected chi connectivity index (χ1v) is 6.97. The van der Waals surface area contributed by atoms with Crippen LogP contribution in [0.1, 0.15) is 5.56 Å². The first-order chi connectivity index (χ1) is 8.00. The normalized spacial score (nSPS) is 26.4. The molecule has 17 heavy (non-hydrogen) atoms. The van der Waals surface area contributed by atoms with Crippen LogP contribution in [0.2, 0.25) is 0 Å². The van der Waals surface area contributed by atoms with Crippen LogP contribution in [0.5, 0.6) is 0 Å². The molecule has 1 fully saturated rings. The van der Waals surface area contributed by atoms with E-state index in [0.717, 1.165) is 0 Å².